The molecule has 3 heteroatoms. The van der Waals surface area contributed by atoms with Gasteiger partial charge in [0.25, 0.3) is 0 Å². The molecule has 1 aliphatic carbocycles. The lowest BCUT2D eigenvalue weighted by molar-refractivity contribution is -0.152. The predicted octanol–water partition coefficient (Wildman–Crippen LogP) is 1.86. The van der Waals surface area contributed by atoms with Gasteiger partial charge in [-0.3, -0.25) is 4.79 Å². The fraction of sp³-hybridized carbons (Fsp3) is 0.800. The number of carboxylic acids is 1. The zero-order valence-corrected chi connectivity index (χ0v) is 7.95. The zero-order chi connectivity index (χ0) is 9.90. The standard InChI is InChI=1S/C10H16O3/c1-2-10(9(12)13)5-3-4-8(6-10)7-11/h7-8H,2-6H2,1H3,(H,12,13). The van der Waals surface area contributed by atoms with Crippen LogP contribution in [0, 0.1) is 11.3 Å². The zero-order valence-electron chi connectivity index (χ0n) is 7.95. The summed E-state index contributed by atoms with van der Waals surface area (Å²) in [5.41, 5.74) is -0.621. The minimum Gasteiger partial charge on any atom is -0.481 e. The highest BCUT2D eigenvalue weighted by molar-refractivity contribution is 5.75. The molecule has 1 N–H and O–H groups in total. The summed E-state index contributed by atoms with van der Waals surface area (Å²) in [6.45, 7) is 1.89. The second-order valence-electron chi connectivity index (χ2n) is 3.93. The van der Waals surface area contributed by atoms with E-state index in [-0.39, 0.29) is 5.92 Å². The van der Waals surface area contributed by atoms with Crippen LogP contribution in [0.4, 0.5) is 0 Å². The van der Waals surface area contributed by atoms with Crippen LogP contribution in [0.5, 0.6) is 0 Å². The van der Waals surface area contributed by atoms with Crippen LogP contribution >= 0.6 is 0 Å². The Hall–Kier alpha value is -0.860. The van der Waals surface area contributed by atoms with Crippen molar-refractivity contribution in [3.8, 4) is 0 Å². The van der Waals surface area contributed by atoms with Crippen molar-refractivity contribution in [2.75, 3.05) is 0 Å². The lowest BCUT2D eigenvalue weighted by Gasteiger charge is -2.34. The Labute approximate surface area is 78.1 Å². The molecule has 1 aliphatic rings. The number of hydrogen-bond donors (Lipinski definition) is 1. The van der Waals surface area contributed by atoms with E-state index in [4.69, 9.17) is 5.11 Å². The van der Waals surface area contributed by atoms with E-state index in [1.165, 1.54) is 0 Å². The van der Waals surface area contributed by atoms with Gasteiger partial charge in [-0.1, -0.05) is 13.3 Å². The molecule has 0 saturated heterocycles. The topological polar surface area (TPSA) is 54.4 Å². The van der Waals surface area contributed by atoms with E-state index in [2.05, 4.69) is 0 Å². The average Bonchev–Trinajstić information content (AvgIpc) is 2.17. The molecule has 13 heavy (non-hydrogen) atoms. The summed E-state index contributed by atoms with van der Waals surface area (Å²) in [5.74, 6) is -0.772. The second-order valence-corrected chi connectivity index (χ2v) is 3.93. The number of hydrogen-bond acceptors (Lipinski definition) is 2. The molecular formula is C10H16O3. The lowest BCUT2D eigenvalue weighted by atomic mass is 9.68. The van der Waals surface area contributed by atoms with Crippen LogP contribution < -0.4 is 0 Å². The van der Waals surface area contributed by atoms with Crippen LogP contribution in [-0.4, -0.2) is 17.4 Å². The highest BCUT2D eigenvalue weighted by Gasteiger charge is 2.41. The maximum atomic E-state index is 11.1. The van der Waals surface area contributed by atoms with Gasteiger partial charge in [0.2, 0.25) is 0 Å². The molecule has 2 unspecified atom stereocenters. The van der Waals surface area contributed by atoms with Gasteiger partial charge in [-0.15, -0.1) is 0 Å². The Morgan fingerprint density at radius 2 is 2.38 bits per heavy atom. The van der Waals surface area contributed by atoms with Gasteiger partial charge in [0.1, 0.15) is 6.29 Å². The van der Waals surface area contributed by atoms with Crippen LogP contribution in [0.1, 0.15) is 39.0 Å². The molecule has 0 bridgehead atoms. The monoisotopic (exact) mass is 184 g/mol. The Morgan fingerprint density at radius 1 is 1.69 bits per heavy atom. The van der Waals surface area contributed by atoms with Crippen molar-refractivity contribution in [2.45, 2.75) is 39.0 Å². The predicted molar refractivity (Wildman–Crippen MR) is 48.4 cm³/mol. The van der Waals surface area contributed by atoms with E-state index in [1.807, 2.05) is 6.92 Å². The molecule has 0 aromatic heterocycles. The molecule has 0 aromatic carbocycles. The van der Waals surface area contributed by atoms with E-state index in [9.17, 15) is 9.59 Å². The van der Waals surface area contributed by atoms with Gasteiger partial charge >= 0.3 is 5.97 Å². The first-order valence-corrected chi connectivity index (χ1v) is 4.83. The molecule has 1 saturated carbocycles. The fourth-order valence-corrected chi connectivity index (χ4v) is 2.19. The molecule has 74 valence electrons. The van der Waals surface area contributed by atoms with Crippen LogP contribution in [0.2, 0.25) is 0 Å². The average molecular weight is 184 g/mol. The Bertz CT molecular complexity index is 212. The Kier molecular flexibility index (Phi) is 3.07. The van der Waals surface area contributed by atoms with Crippen molar-refractivity contribution < 1.29 is 14.7 Å². The SMILES string of the molecule is CCC1(C(=O)O)CCCC(C=O)C1. The lowest BCUT2D eigenvalue weighted by Crippen LogP contribution is -2.36. The number of carbonyl (C=O) groups is 2. The van der Waals surface area contributed by atoms with Gasteiger partial charge in [-0.05, 0) is 25.7 Å². The van der Waals surface area contributed by atoms with E-state index in [0.29, 0.717) is 12.8 Å². The van der Waals surface area contributed by atoms with E-state index in [0.717, 1.165) is 25.5 Å². The Morgan fingerprint density at radius 3 is 2.85 bits per heavy atom. The maximum absolute atomic E-state index is 11.1. The van der Waals surface area contributed by atoms with Crippen molar-refractivity contribution >= 4 is 12.3 Å². The number of aldehydes is 1. The number of aliphatic carboxylic acids is 1. The van der Waals surface area contributed by atoms with Crippen molar-refractivity contribution in [2.24, 2.45) is 11.3 Å². The molecule has 2 atom stereocenters. The summed E-state index contributed by atoms with van der Waals surface area (Å²) in [6.07, 6.45) is 4.52. The van der Waals surface area contributed by atoms with Gasteiger partial charge in [0.05, 0.1) is 5.41 Å². The minimum atomic E-state index is -0.735. The number of carbonyl (C=O) groups excluding carboxylic acids is 1. The molecule has 0 spiro atoms. The van der Waals surface area contributed by atoms with Gasteiger partial charge in [0.15, 0.2) is 0 Å². The quantitative estimate of drug-likeness (QED) is 0.681. The Balaban J connectivity index is 2.75. The van der Waals surface area contributed by atoms with Gasteiger partial charge in [0, 0.05) is 5.92 Å². The van der Waals surface area contributed by atoms with Crippen molar-refractivity contribution in [1.29, 1.82) is 0 Å². The maximum Gasteiger partial charge on any atom is 0.309 e. The van der Waals surface area contributed by atoms with Crippen LogP contribution in [0.3, 0.4) is 0 Å². The molecule has 1 rings (SSSR count). The molecule has 0 radical (unpaired) electrons. The molecule has 1 fully saturated rings. The summed E-state index contributed by atoms with van der Waals surface area (Å²) >= 11 is 0. The summed E-state index contributed by atoms with van der Waals surface area (Å²) < 4.78 is 0. The number of rotatable bonds is 3. The van der Waals surface area contributed by atoms with Gasteiger partial charge in [-0.2, -0.15) is 0 Å². The molecule has 0 amide bonds. The first-order chi connectivity index (χ1) is 6.14. The van der Waals surface area contributed by atoms with Gasteiger partial charge in [-0.25, -0.2) is 0 Å². The molecular weight excluding hydrogens is 168 g/mol. The first-order valence-electron chi connectivity index (χ1n) is 4.83. The van der Waals surface area contributed by atoms with Crippen LogP contribution in [-0.2, 0) is 9.59 Å². The molecule has 3 nitrogen and oxygen atoms in total. The van der Waals surface area contributed by atoms with E-state index >= 15 is 0 Å². The van der Waals surface area contributed by atoms with E-state index in [1.54, 1.807) is 0 Å². The summed E-state index contributed by atoms with van der Waals surface area (Å²) in [5, 5.41) is 9.09. The van der Waals surface area contributed by atoms with Gasteiger partial charge < -0.3 is 9.90 Å². The smallest absolute Gasteiger partial charge is 0.309 e. The fourth-order valence-electron chi connectivity index (χ4n) is 2.19. The van der Waals surface area contributed by atoms with Crippen molar-refractivity contribution in [3.63, 3.8) is 0 Å². The third-order valence-electron chi connectivity index (χ3n) is 3.21. The highest BCUT2D eigenvalue weighted by Crippen LogP contribution is 2.41. The molecule has 0 heterocycles. The first kappa shape index (κ1) is 10.2. The van der Waals surface area contributed by atoms with Crippen molar-refractivity contribution in [3.05, 3.63) is 0 Å². The minimum absolute atomic E-state index is 0.0372. The van der Waals surface area contributed by atoms with E-state index < -0.39 is 11.4 Å². The normalized spacial score (nSPS) is 34.1. The summed E-state index contributed by atoms with van der Waals surface area (Å²) in [7, 11) is 0. The number of carboxylic acid groups (broad SMARTS) is 1. The van der Waals surface area contributed by atoms with Crippen LogP contribution in [0.25, 0.3) is 0 Å². The molecule has 0 aliphatic heterocycles. The summed E-state index contributed by atoms with van der Waals surface area (Å²) in [6, 6.07) is 0. The summed E-state index contributed by atoms with van der Waals surface area (Å²) in [4.78, 5) is 21.6. The van der Waals surface area contributed by atoms with Crippen molar-refractivity contribution in [1.82, 2.24) is 0 Å². The third kappa shape index (κ3) is 1.90. The third-order valence-corrected chi connectivity index (χ3v) is 3.21. The second kappa shape index (κ2) is 3.90. The largest absolute Gasteiger partial charge is 0.481 e. The van der Waals surface area contributed by atoms with Crippen LogP contribution in [0.15, 0.2) is 0 Å². The highest BCUT2D eigenvalue weighted by atomic mass is 16.4. The molecule has 0 aromatic rings.